The van der Waals surface area contributed by atoms with Gasteiger partial charge in [-0.25, -0.2) is 0 Å². The van der Waals surface area contributed by atoms with Crippen molar-refractivity contribution in [2.45, 2.75) is 32.6 Å². The quantitative estimate of drug-likeness (QED) is 0.474. The zero-order valence-electron chi connectivity index (χ0n) is 5.21. The van der Waals surface area contributed by atoms with E-state index >= 15 is 0 Å². The van der Waals surface area contributed by atoms with E-state index in [1.807, 2.05) is 0 Å². The van der Waals surface area contributed by atoms with Gasteiger partial charge in [-0.3, -0.25) is 0 Å². The van der Waals surface area contributed by atoms with Crippen LogP contribution >= 0.6 is 0 Å². The van der Waals surface area contributed by atoms with E-state index in [2.05, 4.69) is 6.92 Å². The number of hydrogen-bond donors (Lipinski definition) is 0. The first kappa shape index (κ1) is 6.51. The van der Waals surface area contributed by atoms with E-state index < -0.39 is 0 Å². The van der Waals surface area contributed by atoms with Crippen molar-refractivity contribution < 1.29 is 15.6 Å². The predicted octanol–water partition coefficient (Wildman–Crippen LogP) is 1.92. The van der Waals surface area contributed by atoms with Gasteiger partial charge in [-0.05, 0) is 0 Å². The van der Waals surface area contributed by atoms with Gasteiger partial charge in [-0.15, -0.1) is 0 Å². The molecule has 0 spiro atoms. The molecule has 1 aliphatic rings. The summed E-state index contributed by atoms with van der Waals surface area (Å²) in [7, 11) is 0. The van der Waals surface area contributed by atoms with Crippen molar-refractivity contribution in [3.8, 4) is 0 Å². The Morgan fingerprint density at radius 3 is 2.25 bits per heavy atom. The van der Waals surface area contributed by atoms with E-state index in [4.69, 9.17) is 15.6 Å². The summed E-state index contributed by atoms with van der Waals surface area (Å²) in [5.74, 6) is 0.929. The van der Waals surface area contributed by atoms with Crippen molar-refractivity contribution in [2.75, 3.05) is 0 Å². The Balaban J connectivity index is 2.29. The van der Waals surface area contributed by atoms with Crippen LogP contribution in [0.3, 0.4) is 0 Å². The van der Waals surface area contributed by atoms with Crippen LogP contribution in [0.2, 0.25) is 0 Å². The molecular weight excluding hydrogens is 148 g/mol. The third kappa shape index (κ3) is 1.72. The summed E-state index contributed by atoms with van der Waals surface area (Å²) in [5, 5.41) is 0. The molecule has 1 saturated carbocycles. The van der Waals surface area contributed by atoms with Crippen LogP contribution < -0.4 is 0 Å². The summed E-state index contributed by atoms with van der Waals surface area (Å²) >= 11 is 5.20. The molecule has 0 radical (unpaired) electrons. The van der Waals surface area contributed by atoms with Crippen LogP contribution in [0.1, 0.15) is 32.6 Å². The fraction of sp³-hybridized carbons (Fsp3) is 0.857. The van der Waals surface area contributed by atoms with Gasteiger partial charge in [0, 0.05) is 0 Å². The van der Waals surface area contributed by atoms with Gasteiger partial charge in [0.25, 0.3) is 0 Å². The van der Waals surface area contributed by atoms with Crippen molar-refractivity contribution in [3.63, 3.8) is 0 Å². The first-order chi connectivity index (χ1) is 3.79. The third-order valence-corrected chi connectivity index (χ3v) is 2.25. The molecule has 0 unspecified atom stereocenters. The molecule has 0 aromatic heterocycles. The van der Waals surface area contributed by atoms with Gasteiger partial charge >= 0.3 is 58.5 Å². The Morgan fingerprint density at radius 1 is 1.38 bits per heavy atom. The van der Waals surface area contributed by atoms with Gasteiger partial charge in [0.05, 0.1) is 0 Å². The molecule has 0 heterocycles. The maximum absolute atomic E-state index is 5.20. The molecule has 0 nitrogen and oxygen atoms in total. The van der Waals surface area contributed by atoms with Crippen molar-refractivity contribution in [2.24, 2.45) is 5.92 Å². The summed E-state index contributed by atoms with van der Waals surface area (Å²) in [6, 6.07) is 0. The van der Waals surface area contributed by atoms with Gasteiger partial charge in [0.15, 0.2) is 0 Å². The van der Waals surface area contributed by atoms with E-state index in [-0.39, 0.29) is 0 Å². The van der Waals surface area contributed by atoms with Crippen LogP contribution in [0.15, 0.2) is 0 Å². The maximum atomic E-state index is 5.20. The second kappa shape index (κ2) is 2.79. The second-order valence-electron chi connectivity index (χ2n) is 2.65. The van der Waals surface area contributed by atoms with Gasteiger partial charge in [0.1, 0.15) is 0 Å². The van der Waals surface area contributed by atoms with Gasteiger partial charge < -0.3 is 0 Å². The minimum atomic E-state index is 0.929. The molecule has 51 valence electrons. The van der Waals surface area contributed by atoms with Crippen LogP contribution in [0.25, 0.3) is 0 Å². The van der Waals surface area contributed by atoms with Gasteiger partial charge in [-0.2, -0.15) is 0 Å². The summed E-state index contributed by atoms with van der Waals surface area (Å²) < 4.78 is 1.27. The molecule has 1 aliphatic carbocycles. The van der Waals surface area contributed by atoms with Gasteiger partial charge in [0.2, 0.25) is 0 Å². The van der Waals surface area contributed by atoms with Crippen LogP contribution in [0.4, 0.5) is 0 Å². The molecule has 0 atom stereocenters. The number of rotatable bonds is 0. The topological polar surface area (TPSA) is 0 Å². The first-order valence-corrected chi connectivity index (χ1v) is 3.72. The van der Waals surface area contributed by atoms with Gasteiger partial charge in [-0.1, -0.05) is 0 Å². The monoisotopic (exact) mass is 159 g/mol. The molecule has 0 aliphatic heterocycles. The second-order valence-corrected chi connectivity index (χ2v) is 3.31. The molecule has 0 amide bonds. The molecule has 8 heavy (non-hydrogen) atoms. The fourth-order valence-corrected chi connectivity index (χ4v) is 1.33. The van der Waals surface area contributed by atoms with Crippen molar-refractivity contribution in [1.29, 1.82) is 0 Å². The van der Waals surface area contributed by atoms with E-state index in [0.29, 0.717) is 0 Å². The van der Waals surface area contributed by atoms with Crippen molar-refractivity contribution in [1.82, 2.24) is 0 Å². The molecule has 1 heteroatoms. The Bertz CT molecular complexity index is 86.6. The fourth-order valence-electron chi connectivity index (χ4n) is 1.05. The average molecular weight is 160 g/mol. The Morgan fingerprint density at radius 2 is 1.88 bits per heavy atom. The molecule has 0 aromatic rings. The minimum absolute atomic E-state index is 0.929. The average Bonchev–Trinajstić information content (AvgIpc) is 1.77. The van der Waals surface area contributed by atoms with E-state index in [0.717, 1.165) is 5.92 Å². The molecule has 0 saturated heterocycles. The molecule has 1 rings (SSSR count). The zero-order valence-corrected chi connectivity index (χ0v) is 6.15. The summed E-state index contributed by atoms with van der Waals surface area (Å²) in [6.45, 7) is 2.30. The standard InChI is InChI=1S/C7H12.Cu/c1-7-5-3-2-4-6-7;/h7H,3-6H2,1H3;. The molecule has 0 aromatic carbocycles. The normalized spacial score (nSPS) is 24.1. The Kier molecular flexibility index (Phi) is 2.27. The molecule has 0 bridgehead atoms. The van der Waals surface area contributed by atoms with E-state index in [1.165, 1.54) is 30.1 Å². The van der Waals surface area contributed by atoms with Crippen LogP contribution in [0.5, 0.6) is 0 Å². The Labute approximate surface area is 59.0 Å². The van der Waals surface area contributed by atoms with Crippen molar-refractivity contribution >= 4 is 4.42 Å². The third-order valence-electron chi connectivity index (χ3n) is 1.78. The summed E-state index contributed by atoms with van der Waals surface area (Å²) in [5.41, 5.74) is 0. The van der Waals surface area contributed by atoms with Crippen LogP contribution in [-0.4, -0.2) is 4.42 Å². The van der Waals surface area contributed by atoms with Crippen molar-refractivity contribution in [3.05, 3.63) is 0 Å². The van der Waals surface area contributed by atoms with Crippen LogP contribution in [-0.2, 0) is 15.6 Å². The predicted molar refractivity (Wildman–Crippen MR) is 32.6 cm³/mol. The Hall–Kier alpha value is 0.389. The van der Waals surface area contributed by atoms with E-state index in [1.54, 1.807) is 0 Å². The molecule has 1 fully saturated rings. The molecular formula is C7H12Cu. The summed E-state index contributed by atoms with van der Waals surface area (Å²) in [4.78, 5) is 0. The van der Waals surface area contributed by atoms with E-state index in [9.17, 15) is 0 Å². The zero-order chi connectivity index (χ0) is 5.98. The first-order valence-electron chi connectivity index (χ1n) is 3.25. The van der Waals surface area contributed by atoms with Crippen LogP contribution in [0, 0.1) is 5.92 Å². The molecule has 0 N–H and O–H groups in total. The summed E-state index contributed by atoms with van der Waals surface area (Å²) in [6.07, 6.45) is 5.05. The SMILES string of the molecule is CC1CC[C](=[Cu])CC1. The number of hydrogen-bond acceptors (Lipinski definition) is 0.